The van der Waals surface area contributed by atoms with Gasteiger partial charge in [-0.15, -0.1) is 0 Å². The van der Waals surface area contributed by atoms with Crippen LogP contribution in [0.15, 0.2) is 84.9 Å². The molecule has 1 fully saturated rings. The standard InChI is InChI=1S/C28H27ClN4O2/c1-35-25-12-10-22(11-13-25)26-19-27(33(30-26)24-9-5-8-23(29)18-24)28(34)32-16-14-31(15-17-32)20-21-6-3-2-4-7-21/h2-13,18-19H,14-17,20H2,1H3. The van der Waals surface area contributed by atoms with E-state index in [1.807, 2.05) is 65.6 Å². The molecule has 0 atom stereocenters. The Morgan fingerprint density at radius 3 is 2.34 bits per heavy atom. The van der Waals surface area contributed by atoms with Gasteiger partial charge in [-0.25, -0.2) is 4.68 Å². The topological polar surface area (TPSA) is 50.6 Å². The third kappa shape index (κ3) is 5.24. The number of hydrogen-bond donors (Lipinski definition) is 0. The van der Waals surface area contributed by atoms with Gasteiger partial charge < -0.3 is 9.64 Å². The molecule has 1 aliphatic heterocycles. The van der Waals surface area contributed by atoms with Gasteiger partial charge in [0.05, 0.1) is 18.5 Å². The highest BCUT2D eigenvalue weighted by Crippen LogP contribution is 2.26. The number of aromatic nitrogens is 2. The SMILES string of the molecule is COc1ccc(-c2cc(C(=O)N3CCN(Cc4ccccc4)CC3)n(-c3cccc(Cl)c3)n2)cc1. The summed E-state index contributed by atoms with van der Waals surface area (Å²) in [6, 6.07) is 27.4. The Labute approximate surface area is 210 Å². The van der Waals surface area contributed by atoms with Crippen molar-refractivity contribution in [1.82, 2.24) is 19.6 Å². The highest BCUT2D eigenvalue weighted by atomic mass is 35.5. The molecule has 6 nitrogen and oxygen atoms in total. The van der Waals surface area contributed by atoms with Gasteiger partial charge in [-0.3, -0.25) is 9.69 Å². The molecular weight excluding hydrogens is 460 g/mol. The number of carbonyl (C=O) groups excluding carboxylic acids is 1. The van der Waals surface area contributed by atoms with Crippen LogP contribution in [-0.4, -0.2) is 58.8 Å². The molecule has 0 bridgehead atoms. The molecule has 1 amide bonds. The first-order chi connectivity index (χ1) is 17.1. The van der Waals surface area contributed by atoms with Gasteiger partial charge in [0.25, 0.3) is 5.91 Å². The molecule has 1 aliphatic rings. The van der Waals surface area contributed by atoms with Gasteiger partial charge in [0.2, 0.25) is 0 Å². The molecule has 0 saturated carbocycles. The molecule has 0 spiro atoms. The number of hydrogen-bond acceptors (Lipinski definition) is 4. The summed E-state index contributed by atoms with van der Waals surface area (Å²) in [5.74, 6) is 0.740. The lowest BCUT2D eigenvalue weighted by molar-refractivity contribution is 0.0619. The molecule has 35 heavy (non-hydrogen) atoms. The third-order valence-electron chi connectivity index (χ3n) is 6.28. The van der Waals surface area contributed by atoms with Crippen molar-refractivity contribution in [2.75, 3.05) is 33.3 Å². The molecule has 0 aliphatic carbocycles. The van der Waals surface area contributed by atoms with Crippen molar-refractivity contribution in [1.29, 1.82) is 0 Å². The van der Waals surface area contributed by atoms with E-state index in [0.717, 1.165) is 42.3 Å². The monoisotopic (exact) mass is 486 g/mol. The zero-order chi connectivity index (χ0) is 24.2. The molecule has 5 rings (SSSR count). The van der Waals surface area contributed by atoms with Crippen molar-refractivity contribution >= 4 is 17.5 Å². The third-order valence-corrected chi connectivity index (χ3v) is 6.51. The molecule has 1 aromatic heterocycles. The lowest BCUT2D eigenvalue weighted by atomic mass is 10.1. The van der Waals surface area contributed by atoms with E-state index in [1.54, 1.807) is 11.8 Å². The maximum atomic E-state index is 13.7. The summed E-state index contributed by atoms with van der Waals surface area (Å²) < 4.78 is 6.97. The molecule has 1 saturated heterocycles. The zero-order valence-electron chi connectivity index (χ0n) is 19.6. The Hall–Kier alpha value is -3.61. The predicted octanol–water partition coefficient (Wildman–Crippen LogP) is 5.16. The zero-order valence-corrected chi connectivity index (χ0v) is 20.4. The van der Waals surface area contributed by atoms with E-state index in [9.17, 15) is 4.79 Å². The van der Waals surface area contributed by atoms with Crippen LogP contribution in [0.3, 0.4) is 0 Å². The first-order valence-corrected chi connectivity index (χ1v) is 12.0. The Morgan fingerprint density at radius 2 is 1.66 bits per heavy atom. The van der Waals surface area contributed by atoms with Crippen LogP contribution in [0.1, 0.15) is 16.1 Å². The van der Waals surface area contributed by atoms with E-state index in [-0.39, 0.29) is 5.91 Å². The van der Waals surface area contributed by atoms with Crippen LogP contribution in [0, 0.1) is 0 Å². The quantitative estimate of drug-likeness (QED) is 0.378. The number of benzene rings is 3. The predicted molar refractivity (Wildman–Crippen MR) is 138 cm³/mol. The van der Waals surface area contributed by atoms with Crippen LogP contribution >= 0.6 is 11.6 Å². The van der Waals surface area contributed by atoms with Crippen LogP contribution in [0.2, 0.25) is 5.02 Å². The highest BCUT2D eigenvalue weighted by molar-refractivity contribution is 6.30. The fraction of sp³-hybridized carbons (Fsp3) is 0.214. The molecule has 7 heteroatoms. The van der Waals surface area contributed by atoms with Crippen molar-refractivity contribution in [3.63, 3.8) is 0 Å². The number of methoxy groups -OCH3 is 1. The molecule has 178 valence electrons. The largest absolute Gasteiger partial charge is 0.497 e. The normalized spacial score (nSPS) is 14.2. The molecule has 0 N–H and O–H groups in total. The van der Waals surface area contributed by atoms with Crippen molar-refractivity contribution in [2.45, 2.75) is 6.54 Å². The summed E-state index contributed by atoms with van der Waals surface area (Å²) >= 11 is 6.26. The van der Waals surface area contributed by atoms with E-state index in [1.165, 1.54) is 5.56 Å². The van der Waals surface area contributed by atoms with E-state index >= 15 is 0 Å². The number of nitrogens with zero attached hydrogens (tertiary/aromatic N) is 4. The van der Waals surface area contributed by atoms with Crippen LogP contribution < -0.4 is 4.74 Å². The van der Waals surface area contributed by atoms with Crippen molar-refractivity contribution in [3.8, 4) is 22.7 Å². The van der Waals surface area contributed by atoms with Gasteiger partial charge in [0, 0.05) is 43.3 Å². The highest BCUT2D eigenvalue weighted by Gasteiger charge is 2.26. The number of halogens is 1. The first-order valence-electron chi connectivity index (χ1n) is 11.7. The molecule has 0 radical (unpaired) electrons. The Bertz CT molecular complexity index is 1300. The van der Waals surface area contributed by atoms with Gasteiger partial charge in [-0.1, -0.05) is 48.0 Å². The van der Waals surface area contributed by atoms with Crippen molar-refractivity contribution < 1.29 is 9.53 Å². The van der Waals surface area contributed by atoms with E-state index in [4.69, 9.17) is 21.4 Å². The average Bonchev–Trinajstić information content (AvgIpc) is 3.35. The van der Waals surface area contributed by atoms with E-state index in [2.05, 4.69) is 29.2 Å². The van der Waals surface area contributed by atoms with Gasteiger partial charge in [-0.05, 0) is 54.1 Å². The maximum Gasteiger partial charge on any atom is 0.272 e. The van der Waals surface area contributed by atoms with Gasteiger partial charge in [-0.2, -0.15) is 5.10 Å². The summed E-state index contributed by atoms with van der Waals surface area (Å²) in [5, 5.41) is 5.39. The maximum absolute atomic E-state index is 13.7. The Morgan fingerprint density at radius 1 is 0.914 bits per heavy atom. The average molecular weight is 487 g/mol. The molecule has 2 heterocycles. The number of rotatable bonds is 6. The summed E-state index contributed by atoms with van der Waals surface area (Å²) in [5.41, 5.74) is 4.19. The second-order valence-corrected chi connectivity index (χ2v) is 9.03. The van der Waals surface area contributed by atoms with E-state index < -0.39 is 0 Å². The molecule has 3 aromatic carbocycles. The minimum absolute atomic E-state index is 0.0309. The van der Waals surface area contributed by atoms with Crippen LogP contribution in [-0.2, 0) is 6.54 Å². The summed E-state index contributed by atoms with van der Waals surface area (Å²) in [4.78, 5) is 18.0. The number of amides is 1. The van der Waals surface area contributed by atoms with Crippen LogP contribution in [0.4, 0.5) is 0 Å². The summed E-state index contributed by atoms with van der Waals surface area (Å²) in [6.45, 7) is 3.90. The van der Waals surface area contributed by atoms with Crippen LogP contribution in [0.5, 0.6) is 5.75 Å². The number of piperazine rings is 1. The Balaban J connectivity index is 1.39. The minimum atomic E-state index is -0.0309. The Kier molecular flexibility index (Phi) is 6.84. The first kappa shape index (κ1) is 23.1. The molecule has 4 aromatic rings. The fourth-order valence-corrected chi connectivity index (χ4v) is 4.54. The lowest BCUT2D eigenvalue weighted by Crippen LogP contribution is -2.48. The minimum Gasteiger partial charge on any atom is -0.497 e. The van der Waals surface area contributed by atoms with Crippen LogP contribution in [0.25, 0.3) is 16.9 Å². The molecule has 0 unspecified atom stereocenters. The van der Waals surface area contributed by atoms with Gasteiger partial charge >= 0.3 is 0 Å². The van der Waals surface area contributed by atoms with Gasteiger partial charge in [0.1, 0.15) is 11.4 Å². The molecular formula is C28H27ClN4O2. The van der Waals surface area contributed by atoms with Crippen molar-refractivity contribution in [3.05, 3.63) is 101 Å². The smallest absolute Gasteiger partial charge is 0.272 e. The number of carbonyl (C=O) groups is 1. The van der Waals surface area contributed by atoms with Gasteiger partial charge in [0.15, 0.2) is 0 Å². The summed E-state index contributed by atoms with van der Waals surface area (Å²) in [6.07, 6.45) is 0. The number of ether oxygens (including phenoxy) is 1. The fourth-order valence-electron chi connectivity index (χ4n) is 4.35. The van der Waals surface area contributed by atoms with E-state index in [0.29, 0.717) is 23.8 Å². The van der Waals surface area contributed by atoms with Crippen molar-refractivity contribution in [2.24, 2.45) is 0 Å². The lowest BCUT2D eigenvalue weighted by Gasteiger charge is -2.34. The summed E-state index contributed by atoms with van der Waals surface area (Å²) in [7, 11) is 1.64. The second-order valence-electron chi connectivity index (χ2n) is 8.59. The second kappa shape index (κ2) is 10.3.